The molecule has 4 rings (SSSR count). The number of thiophene rings is 1. The zero-order chi connectivity index (χ0) is 19.3. The zero-order valence-electron chi connectivity index (χ0n) is 16.0. The summed E-state index contributed by atoms with van der Waals surface area (Å²) in [5.74, 6) is 0.755. The summed E-state index contributed by atoms with van der Waals surface area (Å²) in [4.78, 5) is 34.3. The lowest BCUT2D eigenvalue weighted by Gasteiger charge is -2.33. The van der Waals surface area contributed by atoms with Crippen LogP contribution in [-0.4, -0.2) is 43.6 Å². The Bertz CT molecular complexity index is 1090. The standard InChI is InChI=1S/C19H23N5O2S/c1-10-12(3)27-17-16(10)19(26)24(13(4)21-17)14-5-7-23(8-6-14)18(25)15-9-20-22-11(15)2/h9,14H,5-8H2,1-4H3,(H,20,22). The van der Waals surface area contributed by atoms with E-state index in [2.05, 4.69) is 15.2 Å². The Morgan fingerprint density at radius 3 is 2.56 bits per heavy atom. The predicted molar refractivity (Wildman–Crippen MR) is 106 cm³/mol. The molecule has 0 atom stereocenters. The maximum atomic E-state index is 13.2. The second-order valence-electron chi connectivity index (χ2n) is 7.23. The largest absolute Gasteiger partial charge is 0.338 e. The molecule has 1 saturated heterocycles. The van der Waals surface area contributed by atoms with Gasteiger partial charge in [-0.15, -0.1) is 11.3 Å². The van der Waals surface area contributed by atoms with E-state index < -0.39 is 0 Å². The van der Waals surface area contributed by atoms with Crippen LogP contribution in [0, 0.1) is 27.7 Å². The van der Waals surface area contributed by atoms with E-state index in [1.165, 1.54) is 0 Å². The van der Waals surface area contributed by atoms with Gasteiger partial charge in [-0.25, -0.2) is 4.98 Å². The lowest BCUT2D eigenvalue weighted by atomic mass is 10.0. The minimum atomic E-state index is 0.00153. The van der Waals surface area contributed by atoms with Gasteiger partial charge >= 0.3 is 0 Å². The first kappa shape index (κ1) is 17.9. The van der Waals surface area contributed by atoms with Crippen molar-refractivity contribution in [2.75, 3.05) is 13.1 Å². The normalized spacial score (nSPS) is 15.6. The van der Waals surface area contributed by atoms with Gasteiger partial charge in [-0.3, -0.25) is 19.3 Å². The highest BCUT2D eigenvalue weighted by atomic mass is 32.1. The average Bonchev–Trinajstić information content (AvgIpc) is 3.18. The lowest BCUT2D eigenvalue weighted by molar-refractivity contribution is 0.0692. The summed E-state index contributed by atoms with van der Waals surface area (Å²) < 4.78 is 1.84. The van der Waals surface area contributed by atoms with Crippen molar-refractivity contribution in [3.05, 3.63) is 44.1 Å². The highest BCUT2D eigenvalue weighted by Crippen LogP contribution is 2.29. The quantitative estimate of drug-likeness (QED) is 0.735. The van der Waals surface area contributed by atoms with Crippen molar-refractivity contribution in [1.82, 2.24) is 24.6 Å². The molecule has 0 aromatic carbocycles. The molecule has 142 valence electrons. The molecule has 1 fully saturated rings. The second kappa shape index (κ2) is 6.60. The SMILES string of the molecule is Cc1[nH]ncc1C(=O)N1CCC(n2c(C)nc3sc(C)c(C)c3c2=O)CC1. The summed E-state index contributed by atoms with van der Waals surface area (Å²) >= 11 is 1.58. The van der Waals surface area contributed by atoms with Crippen LogP contribution in [0.5, 0.6) is 0 Å². The van der Waals surface area contributed by atoms with Gasteiger partial charge in [0.05, 0.1) is 17.1 Å². The van der Waals surface area contributed by atoms with Gasteiger partial charge in [0, 0.05) is 29.7 Å². The van der Waals surface area contributed by atoms with Crippen molar-refractivity contribution < 1.29 is 4.79 Å². The number of H-pyrrole nitrogens is 1. The fourth-order valence-corrected chi connectivity index (χ4v) is 4.97. The van der Waals surface area contributed by atoms with Crippen molar-refractivity contribution in [3.8, 4) is 0 Å². The van der Waals surface area contributed by atoms with Gasteiger partial charge in [0.15, 0.2) is 0 Å². The average molecular weight is 385 g/mol. The van der Waals surface area contributed by atoms with E-state index in [9.17, 15) is 9.59 Å². The van der Waals surface area contributed by atoms with Gasteiger partial charge in [-0.05, 0) is 46.1 Å². The molecule has 0 unspecified atom stereocenters. The van der Waals surface area contributed by atoms with Crippen LogP contribution in [-0.2, 0) is 0 Å². The number of aromatic amines is 1. The molecule has 0 aliphatic carbocycles. The second-order valence-corrected chi connectivity index (χ2v) is 8.43. The number of likely N-dealkylation sites (tertiary alicyclic amines) is 1. The van der Waals surface area contributed by atoms with Crippen molar-refractivity contribution in [2.24, 2.45) is 0 Å². The van der Waals surface area contributed by atoms with Crippen LogP contribution < -0.4 is 5.56 Å². The Labute approximate surface area is 161 Å². The molecule has 0 radical (unpaired) electrons. The van der Waals surface area contributed by atoms with Crippen LogP contribution in [0.3, 0.4) is 0 Å². The van der Waals surface area contributed by atoms with E-state index in [-0.39, 0.29) is 17.5 Å². The van der Waals surface area contributed by atoms with Crippen LogP contribution in [0.1, 0.15) is 51.2 Å². The summed E-state index contributed by atoms with van der Waals surface area (Å²) in [6.07, 6.45) is 3.08. The fourth-order valence-electron chi connectivity index (χ4n) is 3.90. The van der Waals surface area contributed by atoms with E-state index in [0.29, 0.717) is 18.7 Å². The summed E-state index contributed by atoms with van der Waals surface area (Å²) in [7, 11) is 0. The van der Waals surface area contributed by atoms with Crippen molar-refractivity contribution in [1.29, 1.82) is 0 Å². The summed E-state index contributed by atoms with van der Waals surface area (Å²) in [5.41, 5.74) is 2.49. The monoisotopic (exact) mass is 385 g/mol. The van der Waals surface area contributed by atoms with Crippen molar-refractivity contribution in [2.45, 2.75) is 46.6 Å². The predicted octanol–water partition coefficient (Wildman–Crippen LogP) is 2.89. The number of aromatic nitrogens is 4. The molecular weight excluding hydrogens is 362 g/mol. The van der Waals surface area contributed by atoms with Crippen LogP contribution in [0.25, 0.3) is 10.2 Å². The van der Waals surface area contributed by atoms with Crippen LogP contribution in [0.15, 0.2) is 11.0 Å². The number of piperidine rings is 1. The first-order valence-electron chi connectivity index (χ1n) is 9.16. The third-order valence-electron chi connectivity index (χ3n) is 5.59. The number of nitrogens with zero attached hydrogens (tertiary/aromatic N) is 4. The number of fused-ring (bicyclic) bond motifs is 1. The number of hydrogen-bond donors (Lipinski definition) is 1. The Hall–Kier alpha value is -2.48. The molecule has 7 nitrogen and oxygen atoms in total. The molecular formula is C19H23N5O2S. The minimum Gasteiger partial charge on any atom is -0.338 e. The minimum absolute atomic E-state index is 0.00153. The maximum Gasteiger partial charge on any atom is 0.262 e. The number of nitrogens with one attached hydrogen (secondary N) is 1. The molecule has 8 heteroatoms. The number of amides is 1. The summed E-state index contributed by atoms with van der Waals surface area (Å²) in [5, 5.41) is 7.50. The Balaban J connectivity index is 1.60. The first-order chi connectivity index (χ1) is 12.9. The third-order valence-corrected chi connectivity index (χ3v) is 6.69. The van der Waals surface area contributed by atoms with Crippen molar-refractivity contribution in [3.63, 3.8) is 0 Å². The van der Waals surface area contributed by atoms with Gasteiger partial charge in [0.1, 0.15) is 10.7 Å². The molecule has 4 heterocycles. The van der Waals surface area contributed by atoms with Gasteiger partial charge in [-0.2, -0.15) is 5.10 Å². The van der Waals surface area contributed by atoms with Gasteiger partial charge in [-0.1, -0.05) is 0 Å². The molecule has 1 N–H and O–H groups in total. The van der Waals surface area contributed by atoms with E-state index in [4.69, 9.17) is 0 Å². The molecule has 3 aromatic heterocycles. The van der Waals surface area contributed by atoms with Crippen LogP contribution >= 0.6 is 11.3 Å². The number of hydrogen-bond acceptors (Lipinski definition) is 5. The smallest absolute Gasteiger partial charge is 0.262 e. The number of carbonyl (C=O) groups is 1. The molecule has 0 saturated carbocycles. The summed E-state index contributed by atoms with van der Waals surface area (Å²) in [6, 6.07) is 0.0727. The summed E-state index contributed by atoms with van der Waals surface area (Å²) in [6.45, 7) is 9.02. The van der Waals surface area contributed by atoms with E-state index in [0.717, 1.165) is 45.0 Å². The molecule has 3 aromatic rings. The van der Waals surface area contributed by atoms with Crippen LogP contribution in [0.4, 0.5) is 0 Å². The van der Waals surface area contributed by atoms with Gasteiger partial charge < -0.3 is 4.90 Å². The Morgan fingerprint density at radius 1 is 1.22 bits per heavy atom. The maximum absolute atomic E-state index is 13.2. The highest BCUT2D eigenvalue weighted by Gasteiger charge is 2.28. The molecule has 27 heavy (non-hydrogen) atoms. The molecule has 1 amide bonds. The number of aryl methyl sites for hydroxylation is 4. The topological polar surface area (TPSA) is 83.9 Å². The molecule has 0 spiro atoms. The Kier molecular flexibility index (Phi) is 4.38. The van der Waals surface area contributed by atoms with E-state index in [1.54, 1.807) is 17.5 Å². The zero-order valence-corrected chi connectivity index (χ0v) is 16.8. The van der Waals surface area contributed by atoms with Crippen molar-refractivity contribution >= 4 is 27.5 Å². The highest BCUT2D eigenvalue weighted by molar-refractivity contribution is 7.18. The van der Waals surface area contributed by atoms with E-state index in [1.807, 2.05) is 37.2 Å². The van der Waals surface area contributed by atoms with Crippen LogP contribution in [0.2, 0.25) is 0 Å². The molecule has 1 aliphatic rings. The lowest BCUT2D eigenvalue weighted by Crippen LogP contribution is -2.41. The van der Waals surface area contributed by atoms with Gasteiger partial charge in [0.2, 0.25) is 0 Å². The number of rotatable bonds is 2. The van der Waals surface area contributed by atoms with Gasteiger partial charge in [0.25, 0.3) is 11.5 Å². The molecule has 1 aliphatic heterocycles. The fraction of sp³-hybridized carbons (Fsp3) is 0.474. The third kappa shape index (κ3) is 2.88. The first-order valence-corrected chi connectivity index (χ1v) is 9.98. The Morgan fingerprint density at radius 2 is 1.93 bits per heavy atom. The molecule has 0 bridgehead atoms. The van der Waals surface area contributed by atoms with E-state index >= 15 is 0 Å². The number of carbonyl (C=O) groups excluding carboxylic acids is 1.